The number of anilines is 2. The van der Waals surface area contributed by atoms with Crippen molar-refractivity contribution in [1.29, 1.82) is 0 Å². The number of rotatable bonds is 6. The monoisotopic (exact) mass is 471 g/mol. The predicted octanol–water partition coefficient (Wildman–Crippen LogP) is 2.74. The summed E-state index contributed by atoms with van der Waals surface area (Å²) >= 11 is 2.10. The van der Waals surface area contributed by atoms with E-state index in [2.05, 4.69) is 46.5 Å². The van der Waals surface area contributed by atoms with Crippen LogP contribution in [0.1, 0.15) is 36.1 Å². The third-order valence-corrected chi connectivity index (χ3v) is 4.07. The van der Waals surface area contributed by atoms with Crippen LogP contribution in [0.2, 0.25) is 0 Å². The van der Waals surface area contributed by atoms with Crippen LogP contribution in [0, 0.1) is 0 Å². The molecule has 0 bridgehead atoms. The minimum absolute atomic E-state index is 0.113. The van der Waals surface area contributed by atoms with Gasteiger partial charge in [0, 0.05) is 22.5 Å². The van der Waals surface area contributed by atoms with Crippen LogP contribution in [0.15, 0.2) is 34.5 Å². The van der Waals surface area contributed by atoms with Crippen LogP contribution >= 0.6 is 10.0 Å². The van der Waals surface area contributed by atoms with Crippen molar-refractivity contribution in [3.8, 4) is 11.5 Å². The molecule has 2 amide bonds. The van der Waals surface area contributed by atoms with E-state index in [1.165, 1.54) is 24.6 Å². The number of nitrogens with zero attached hydrogens (tertiary/aromatic N) is 2. The number of nitrogen functional groups attached to an aromatic ring is 2. The molecule has 0 unspecified atom stereocenters. The third-order valence-electron chi connectivity index (χ3n) is 4.07. The number of halogens is 1. The summed E-state index contributed by atoms with van der Waals surface area (Å²) in [5, 5.41) is 27.2. The van der Waals surface area contributed by atoms with Crippen molar-refractivity contribution in [3.05, 3.63) is 46.5 Å². The zero-order valence-electron chi connectivity index (χ0n) is 16.5. The van der Waals surface area contributed by atoms with Crippen molar-refractivity contribution in [3.63, 3.8) is 0 Å². The SMILES string of the molecule is CCc1cc(N)c(/C=N/NC(=O)N/N=C/c2cc(O)c(CC)cc2N)cc1O.[Cl][Cr+2]. The Balaban J connectivity index is 0.00000218. The number of phenols is 2. The average molecular weight is 472 g/mol. The molecule has 0 spiro atoms. The molecular weight excluding hydrogens is 448 g/mol. The van der Waals surface area contributed by atoms with Gasteiger partial charge in [-0.2, -0.15) is 10.2 Å². The molecule has 0 heterocycles. The van der Waals surface area contributed by atoms with E-state index in [4.69, 9.17) is 11.5 Å². The molecule has 0 aromatic heterocycles. The topological polar surface area (TPSA) is 158 Å². The van der Waals surface area contributed by atoms with E-state index < -0.39 is 6.03 Å². The van der Waals surface area contributed by atoms with Crippen molar-refractivity contribution >= 4 is 39.9 Å². The Morgan fingerprint density at radius 1 is 0.933 bits per heavy atom. The number of amides is 2. The predicted molar refractivity (Wildman–Crippen MR) is 117 cm³/mol. The Hall–Kier alpha value is -2.93. The zero-order chi connectivity index (χ0) is 22.7. The van der Waals surface area contributed by atoms with Crippen molar-refractivity contribution in [2.45, 2.75) is 26.7 Å². The number of carbonyl (C=O) groups excluding carboxylic acids is 1. The van der Waals surface area contributed by atoms with E-state index in [1.54, 1.807) is 12.1 Å². The molecule has 30 heavy (non-hydrogen) atoms. The van der Waals surface area contributed by atoms with Gasteiger partial charge >= 0.3 is 31.4 Å². The summed E-state index contributed by atoms with van der Waals surface area (Å²) in [5.41, 5.74) is 19.5. The van der Waals surface area contributed by atoms with Gasteiger partial charge in [-0.3, -0.25) is 0 Å². The number of urea groups is 1. The second kappa shape index (κ2) is 12.6. The molecule has 0 aliphatic heterocycles. The number of benzene rings is 2. The van der Waals surface area contributed by atoms with Crippen LogP contribution in [-0.2, 0) is 28.2 Å². The number of hydrazone groups is 2. The van der Waals surface area contributed by atoms with Gasteiger partial charge in [-0.25, -0.2) is 15.6 Å². The van der Waals surface area contributed by atoms with Crippen LogP contribution in [0.5, 0.6) is 11.5 Å². The molecule has 159 valence electrons. The summed E-state index contributed by atoms with van der Waals surface area (Å²) in [7, 11) is 4.51. The van der Waals surface area contributed by atoms with Crippen LogP contribution in [0.4, 0.5) is 16.2 Å². The third kappa shape index (κ3) is 7.15. The Morgan fingerprint density at radius 2 is 1.30 bits per heavy atom. The average Bonchev–Trinajstić information content (AvgIpc) is 2.73. The van der Waals surface area contributed by atoms with E-state index in [0.29, 0.717) is 35.3 Å². The first-order valence-corrected chi connectivity index (χ1v) is 10.6. The second-order valence-electron chi connectivity index (χ2n) is 6.00. The molecule has 0 aliphatic carbocycles. The zero-order valence-corrected chi connectivity index (χ0v) is 18.5. The summed E-state index contributed by atoms with van der Waals surface area (Å²) in [6.07, 6.45) is 3.93. The maximum absolute atomic E-state index is 11.7. The molecule has 2 rings (SSSR count). The Kier molecular flexibility index (Phi) is 10.5. The number of hydrogen-bond acceptors (Lipinski definition) is 7. The van der Waals surface area contributed by atoms with Crippen molar-refractivity contribution in [2.24, 2.45) is 10.2 Å². The van der Waals surface area contributed by atoms with Gasteiger partial charge in [-0.05, 0) is 48.2 Å². The van der Waals surface area contributed by atoms with E-state index in [-0.39, 0.29) is 11.5 Å². The van der Waals surface area contributed by atoms with E-state index in [9.17, 15) is 15.0 Å². The summed E-state index contributed by atoms with van der Waals surface area (Å²) in [6.45, 7) is 3.81. The van der Waals surface area contributed by atoms with Gasteiger partial charge < -0.3 is 21.7 Å². The fourth-order valence-electron chi connectivity index (χ4n) is 2.47. The molecule has 0 saturated heterocycles. The first-order chi connectivity index (χ1) is 14.3. The molecule has 8 N–H and O–H groups in total. The van der Waals surface area contributed by atoms with Gasteiger partial charge in [-0.1, -0.05) is 13.8 Å². The quantitative estimate of drug-likeness (QED) is 0.165. The molecule has 11 heteroatoms. The van der Waals surface area contributed by atoms with Gasteiger partial charge in [0.25, 0.3) is 0 Å². The number of hydrogen-bond donors (Lipinski definition) is 6. The Morgan fingerprint density at radius 3 is 1.63 bits per heavy atom. The number of aromatic hydroxyl groups is 2. The van der Waals surface area contributed by atoms with Crippen LogP contribution in [-0.4, -0.2) is 28.7 Å². The Bertz CT molecular complexity index is 863. The van der Waals surface area contributed by atoms with Crippen molar-refractivity contribution in [2.75, 3.05) is 11.5 Å². The maximum atomic E-state index is 11.7. The molecule has 9 nitrogen and oxygen atoms in total. The summed E-state index contributed by atoms with van der Waals surface area (Å²) in [5.74, 6) is 0.226. The Labute approximate surface area is 187 Å². The van der Waals surface area contributed by atoms with Crippen LogP contribution in [0.3, 0.4) is 0 Å². The molecule has 0 radical (unpaired) electrons. The first-order valence-electron chi connectivity index (χ1n) is 8.85. The number of nitrogens with one attached hydrogen (secondary N) is 2. The van der Waals surface area contributed by atoms with Gasteiger partial charge in [0.2, 0.25) is 0 Å². The minimum atomic E-state index is -0.687. The van der Waals surface area contributed by atoms with Crippen molar-refractivity contribution < 1.29 is 30.4 Å². The number of nitrogens with two attached hydrogens (primary N) is 2. The normalized spacial score (nSPS) is 10.6. The second-order valence-corrected chi connectivity index (χ2v) is 6.00. The fourth-order valence-corrected chi connectivity index (χ4v) is 2.47. The summed E-state index contributed by atoms with van der Waals surface area (Å²) < 4.78 is 0. The van der Waals surface area contributed by atoms with Gasteiger partial charge in [-0.15, -0.1) is 0 Å². The molecule has 0 saturated carbocycles. The number of carbonyl (C=O) groups is 1. The van der Waals surface area contributed by atoms with Crippen LogP contribution < -0.4 is 22.3 Å². The summed E-state index contributed by atoms with van der Waals surface area (Å²) in [4.78, 5) is 11.7. The number of aryl methyl sites for hydroxylation is 2. The van der Waals surface area contributed by atoms with E-state index >= 15 is 0 Å². The molecule has 2 aromatic rings. The fraction of sp³-hybridized carbons (Fsp3) is 0.211. The first kappa shape index (κ1) is 25.1. The van der Waals surface area contributed by atoms with Gasteiger partial charge in [0.15, 0.2) is 0 Å². The van der Waals surface area contributed by atoms with Gasteiger partial charge in [0.1, 0.15) is 11.5 Å². The molecule has 0 fully saturated rings. The molecule has 0 atom stereocenters. The van der Waals surface area contributed by atoms with E-state index in [1.807, 2.05) is 13.8 Å². The molecule has 0 aliphatic rings. The summed E-state index contributed by atoms with van der Waals surface area (Å²) in [6, 6.07) is 5.58. The standard InChI is InChI=1S/C19H24N6O3.ClH.Cr/c1-3-11-5-15(20)13(7-17(11)26)9-22-24-19(28)25-23-10-14-8-18(27)12(4-2)6-16(14)21;;/h5-10,26-27H,3-4,20-21H2,1-2H3,(H2,24,25,28);1H;/q;;+3/p-1/b22-9+,23-10+;;. The van der Waals surface area contributed by atoms with E-state index in [0.717, 1.165) is 11.1 Å². The van der Waals surface area contributed by atoms with Crippen molar-refractivity contribution in [1.82, 2.24) is 10.9 Å². The molecular formula is C19H24ClCrN6O3+2. The number of phenolic OH excluding ortho intramolecular Hbond substituents is 2. The molecule has 2 aromatic carbocycles. The van der Waals surface area contributed by atoms with Crippen LogP contribution in [0.25, 0.3) is 0 Å². The van der Waals surface area contributed by atoms with Gasteiger partial charge in [0.05, 0.1) is 12.4 Å².